The number of benzene rings is 1. The van der Waals surface area contributed by atoms with Crippen molar-refractivity contribution in [3.05, 3.63) is 41.7 Å². The van der Waals surface area contributed by atoms with Crippen LogP contribution >= 0.6 is 11.8 Å². The van der Waals surface area contributed by atoms with Crippen molar-refractivity contribution in [2.45, 2.75) is 12.7 Å². The van der Waals surface area contributed by atoms with E-state index in [0.29, 0.717) is 5.75 Å². The lowest BCUT2D eigenvalue weighted by molar-refractivity contribution is 0.740. The second kappa shape index (κ2) is 4.81. The van der Waals surface area contributed by atoms with Crippen LogP contribution in [0.15, 0.2) is 30.3 Å². The Hall–Kier alpha value is -1.80. The highest BCUT2D eigenvalue weighted by atomic mass is 32.2. The summed E-state index contributed by atoms with van der Waals surface area (Å²) in [4.78, 5) is 1.60. The van der Waals surface area contributed by atoms with Crippen LogP contribution in [0.1, 0.15) is 11.4 Å². The van der Waals surface area contributed by atoms with Gasteiger partial charge in [-0.25, -0.2) is 0 Å². The molecule has 1 aromatic carbocycles. The molecule has 1 heterocycles. The first-order valence-electron chi connectivity index (χ1n) is 4.80. The zero-order chi connectivity index (χ0) is 11.4. The molecule has 5 heteroatoms. The Balaban J connectivity index is 2.28. The highest BCUT2D eigenvalue weighted by molar-refractivity contribution is 8.02. The number of nitriles is 1. The van der Waals surface area contributed by atoms with Gasteiger partial charge in [0, 0.05) is 0 Å². The lowest BCUT2D eigenvalue weighted by Gasteiger charge is -1.96. The largest absolute Gasteiger partial charge is 0.185 e. The van der Waals surface area contributed by atoms with Crippen LogP contribution in [0.4, 0.5) is 0 Å². The lowest BCUT2D eigenvalue weighted by atomic mass is 10.3. The van der Waals surface area contributed by atoms with E-state index in [0.717, 1.165) is 17.1 Å². The first-order chi connectivity index (χ1) is 7.81. The third-order valence-corrected chi connectivity index (χ3v) is 2.69. The van der Waals surface area contributed by atoms with Crippen LogP contribution in [-0.4, -0.2) is 15.0 Å². The van der Waals surface area contributed by atoms with Crippen LogP contribution in [0.2, 0.25) is 0 Å². The molecule has 0 bridgehead atoms. The molecular formula is C11H10N4S. The molecule has 0 atom stereocenters. The molecule has 0 aliphatic heterocycles. The van der Waals surface area contributed by atoms with Crippen molar-refractivity contribution < 1.29 is 0 Å². The summed E-state index contributed by atoms with van der Waals surface area (Å²) in [5.41, 5.74) is 2.65. The minimum atomic E-state index is 0.579. The Morgan fingerprint density at radius 1 is 1.31 bits per heavy atom. The summed E-state index contributed by atoms with van der Waals surface area (Å²) in [5.74, 6) is 0.579. The quantitative estimate of drug-likeness (QED) is 0.759. The standard InChI is InChI=1S/C11H10N4S/c1-9-11(7-16-8-12)14-15(13-9)10-5-3-2-4-6-10/h2-6H,7H2,1H3. The van der Waals surface area contributed by atoms with Crippen LogP contribution in [-0.2, 0) is 5.75 Å². The van der Waals surface area contributed by atoms with Gasteiger partial charge in [-0.2, -0.15) is 20.3 Å². The van der Waals surface area contributed by atoms with Gasteiger partial charge in [0.05, 0.1) is 22.8 Å². The highest BCUT2D eigenvalue weighted by Crippen LogP contribution is 2.13. The van der Waals surface area contributed by atoms with Crippen LogP contribution in [0.5, 0.6) is 0 Å². The number of para-hydroxylation sites is 1. The van der Waals surface area contributed by atoms with Gasteiger partial charge in [0.1, 0.15) is 5.40 Å². The molecule has 2 rings (SSSR count). The zero-order valence-corrected chi connectivity index (χ0v) is 9.61. The minimum Gasteiger partial charge on any atom is -0.185 e. The SMILES string of the molecule is Cc1nn(-c2ccccc2)nc1CSC#N. The average molecular weight is 230 g/mol. The van der Waals surface area contributed by atoms with E-state index >= 15 is 0 Å². The topological polar surface area (TPSA) is 54.5 Å². The predicted octanol–water partition coefficient (Wildman–Crippen LogP) is 2.29. The predicted molar refractivity (Wildman–Crippen MR) is 63.0 cm³/mol. The van der Waals surface area contributed by atoms with Gasteiger partial charge in [-0.15, -0.1) is 0 Å². The first-order valence-corrected chi connectivity index (χ1v) is 5.79. The summed E-state index contributed by atoms with van der Waals surface area (Å²) >= 11 is 1.17. The zero-order valence-electron chi connectivity index (χ0n) is 8.79. The summed E-state index contributed by atoms with van der Waals surface area (Å²) in [6.45, 7) is 1.90. The number of rotatable bonds is 3. The maximum absolute atomic E-state index is 8.50. The fourth-order valence-corrected chi connectivity index (χ4v) is 1.79. The van der Waals surface area contributed by atoms with E-state index in [2.05, 4.69) is 10.2 Å². The molecule has 0 aliphatic rings. The molecule has 0 saturated heterocycles. The van der Waals surface area contributed by atoms with Crippen molar-refractivity contribution in [1.82, 2.24) is 15.0 Å². The van der Waals surface area contributed by atoms with Gasteiger partial charge in [-0.05, 0) is 30.8 Å². The third kappa shape index (κ3) is 2.23. The van der Waals surface area contributed by atoms with Crippen LogP contribution in [0.3, 0.4) is 0 Å². The van der Waals surface area contributed by atoms with Crippen molar-refractivity contribution in [2.24, 2.45) is 0 Å². The van der Waals surface area contributed by atoms with Gasteiger partial charge in [-0.1, -0.05) is 18.2 Å². The van der Waals surface area contributed by atoms with Crippen molar-refractivity contribution in [2.75, 3.05) is 0 Å². The molecule has 1 aromatic heterocycles. The number of nitrogens with zero attached hydrogens (tertiary/aromatic N) is 4. The van der Waals surface area contributed by atoms with Crippen LogP contribution in [0, 0.1) is 17.6 Å². The molecule has 0 N–H and O–H groups in total. The summed E-state index contributed by atoms with van der Waals surface area (Å²) in [7, 11) is 0. The number of hydrogen-bond acceptors (Lipinski definition) is 4. The Labute approximate surface area is 97.9 Å². The van der Waals surface area contributed by atoms with E-state index < -0.39 is 0 Å². The number of thiocyanates is 1. The van der Waals surface area contributed by atoms with E-state index in [4.69, 9.17) is 5.26 Å². The van der Waals surface area contributed by atoms with E-state index in [1.54, 1.807) is 4.80 Å². The molecule has 80 valence electrons. The van der Waals surface area contributed by atoms with Gasteiger partial charge < -0.3 is 0 Å². The van der Waals surface area contributed by atoms with Gasteiger partial charge >= 0.3 is 0 Å². The molecule has 2 aromatic rings. The number of hydrogen-bond donors (Lipinski definition) is 0. The number of aromatic nitrogens is 3. The second-order valence-electron chi connectivity index (χ2n) is 3.24. The molecule has 0 unspecified atom stereocenters. The van der Waals surface area contributed by atoms with E-state index in [1.807, 2.05) is 42.7 Å². The summed E-state index contributed by atoms with van der Waals surface area (Å²) in [5, 5.41) is 19.2. The molecule has 0 amide bonds. The molecule has 0 fully saturated rings. The highest BCUT2D eigenvalue weighted by Gasteiger charge is 2.07. The Bertz CT molecular complexity index is 513. The molecular weight excluding hydrogens is 220 g/mol. The normalized spacial score (nSPS) is 10.0. The number of thioether (sulfide) groups is 1. The molecule has 0 spiro atoms. The maximum atomic E-state index is 8.50. The van der Waals surface area contributed by atoms with Crippen molar-refractivity contribution in [3.63, 3.8) is 0 Å². The smallest absolute Gasteiger partial charge is 0.133 e. The van der Waals surface area contributed by atoms with Crippen molar-refractivity contribution in [3.8, 4) is 11.1 Å². The fourth-order valence-electron chi connectivity index (χ4n) is 1.32. The van der Waals surface area contributed by atoms with Gasteiger partial charge in [0.15, 0.2) is 0 Å². The second-order valence-corrected chi connectivity index (χ2v) is 4.00. The molecule has 0 radical (unpaired) electrons. The maximum Gasteiger partial charge on any atom is 0.133 e. The monoisotopic (exact) mass is 230 g/mol. The summed E-state index contributed by atoms with van der Waals surface area (Å²) < 4.78 is 0. The lowest BCUT2D eigenvalue weighted by Crippen LogP contribution is -1.98. The van der Waals surface area contributed by atoms with Gasteiger partial charge in [0.25, 0.3) is 0 Å². The third-order valence-electron chi connectivity index (χ3n) is 2.14. The van der Waals surface area contributed by atoms with Gasteiger partial charge in [-0.3, -0.25) is 0 Å². The Morgan fingerprint density at radius 2 is 2.06 bits per heavy atom. The van der Waals surface area contributed by atoms with Gasteiger partial charge in [0.2, 0.25) is 0 Å². The molecule has 0 saturated carbocycles. The van der Waals surface area contributed by atoms with Crippen LogP contribution < -0.4 is 0 Å². The Kier molecular flexibility index (Phi) is 3.22. The molecule has 16 heavy (non-hydrogen) atoms. The molecule has 4 nitrogen and oxygen atoms in total. The van der Waals surface area contributed by atoms with E-state index in [-0.39, 0.29) is 0 Å². The van der Waals surface area contributed by atoms with E-state index in [9.17, 15) is 0 Å². The van der Waals surface area contributed by atoms with Crippen molar-refractivity contribution in [1.29, 1.82) is 5.26 Å². The van der Waals surface area contributed by atoms with Crippen molar-refractivity contribution >= 4 is 11.8 Å². The van der Waals surface area contributed by atoms with E-state index in [1.165, 1.54) is 11.8 Å². The first kappa shape index (κ1) is 10.7. The van der Waals surface area contributed by atoms with Crippen LogP contribution in [0.25, 0.3) is 5.69 Å². The fraction of sp³-hybridized carbons (Fsp3) is 0.182. The molecule has 0 aliphatic carbocycles. The summed E-state index contributed by atoms with van der Waals surface area (Å²) in [6, 6.07) is 9.73. The summed E-state index contributed by atoms with van der Waals surface area (Å²) in [6.07, 6.45) is 0. The average Bonchev–Trinajstić information content (AvgIpc) is 2.69. The Morgan fingerprint density at radius 3 is 2.75 bits per heavy atom. The minimum absolute atomic E-state index is 0.579. The number of aryl methyl sites for hydroxylation is 1.